The van der Waals surface area contributed by atoms with E-state index in [1.807, 2.05) is 38.1 Å². The van der Waals surface area contributed by atoms with Gasteiger partial charge >= 0.3 is 0 Å². The Morgan fingerprint density at radius 3 is 2.90 bits per heavy atom. The summed E-state index contributed by atoms with van der Waals surface area (Å²) < 4.78 is 0.931. The van der Waals surface area contributed by atoms with Crippen molar-refractivity contribution in [1.29, 1.82) is 0 Å². The molecule has 0 saturated heterocycles. The van der Waals surface area contributed by atoms with Gasteiger partial charge in [0.2, 0.25) is 0 Å². The summed E-state index contributed by atoms with van der Waals surface area (Å²) in [6.07, 6.45) is 0. The van der Waals surface area contributed by atoms with Gasteiger partial charge in [-0.25, -0.2) is 0 Å². The number of halogens is 1. The van der Waals surface area contributed by atoms with Crippen LogP contribution in [0.3, 0.4) is 0 Å². The van der Waals surface area contributed by atoms with Crippen molar-refractivity contribution in [2.45, 2.75) is 13.8 Å². The molecular weight excluding hydrogens is 318 g/mol. The molecule has 1 atom stereocenters. The molecule has 106 valence electrons. The number of nitrogens with zero attached hydrogens (tertiary/aromatic N) is 1. The van der Waals surface area contributed by atoms with Gasteiger partial charge < -0.3 is 11.1 Å². The Bertz CT molecular complexity index is 642. The Hall–Kier alpha value is -1.46. The highest BCUT2D eigenvalue weighted by atomic mass is 79.9. The second kappa shape index (κ2) is 6.33. The highest BCUT2D eigenvalue weighted by Crippen LogP contribution is 2.22. The molecule has 20 heavy (non-hydrogen) atoms. The minimum atomic E-state index is -0.0844. The van der Waals surface area contributed by atoms with E-state index >= 15 is 0 Å². The van der Waals surface area contributed by atoms with Crippen molar-refractivity contribution in [2.75, 3.05) is 13.1 Å². The lowest BCUT2D eigenvalue weighted by atomic mass is 10.1. The van der Waals surface area contributed by atoms with Crippen LogP contribution in [0.15, 0.2) is 28.7 Å². The van der Waals surface area contributed by atoms with Gasteiger partial charge in [-0.05, 0) is 43.7 Å². The third-order valence-electron chi connectivity index (χ3n) is 3.16. The average molecular weight is 336 g/mol. The molecule has 2 rings (SSSR count). The second-order valence-electron chi connectivity index (χ2n) is 5.02. The predicted octanol–water partition coefficient (Wildman–Crippen LogP) is 2.63. The summed E-state index contributed by atoms with van der Waals surface area (Å²) in [5, 5.41) is 3.78. The van der Waals surface area contributed by atoms with E-state index in [0.717, 1.165) is 21.1 Å². The highest BCUT2D eigenvalue weighted by molar-refractivity contribution is 9.10. The van der Waals surface area contributed by atoms with Crippen molar-refractivity contribution in [3.05, 3.63) is 40.0 Å². The molecule has 0 spiro atoms. The number of nitrogens with two attached hydrogens (primary N) is 1. The van der Waals surface area contributed by atoms with Crippen LogP contribution in [-0.4, -0.2) is 24.0 Å². The van der Waals surface area contributed by atoms with E-state index < -0.39 is 0 Å². The summed E-state index contributed by atoms with van der Waals surface area (Å²) in [6, 6.07) is 7.57. The van der Waals surface area contributed by atoms with Crippen molar-refractivity contribution in [3.8, 4) is 0 Å². The van der Waals surface area contributed by atoms with Crippen LogP contribution in [0.1, 0.15) is 23.0 Å². The first kappa shape index (κ1) is 14.9. The summed E-state index contributed by atoms with van der Waals surface area (Å²) >= 11 is 3.43. The fourth-order valence-electron chi connectivity index (χ4n) is 1.96. The highest BCUT2D eigenvalue weighted by Gasteiger charge is 2.13. The molecule has 0 fully saturated rings. The van der Waals surface area contributed by atoms with Crippen LogP contribution in [0.2, 0.25) is 0 Å². The van der Waals surface area contributed by atoms with Crippen LogP contribution in [-0.2, 0) is 0 Å². The zero-order chi connectivity index (χ0) is 14.7. The third-order valence-corrected chi connectivity index (χ3v) is 3.65. The topological polar surface area (TPSA) is 68.0 Å². The molecule has 0 radical (unpaired) electrons. The zero-order valence-electron chi connectivity index (χ0n) is 11.6. The lowest BCUT2D eigenvalue weighted by Gasteiger charge is -2.12. The van der Waals surface area contributed by atoms with Gasteiger partial charge in [0.1, 0.15) is 0 Å². The maximum absolute atomic E-state index is 12.3. The van der Waals surface area contributed by atoms with Gasteiger partial charge in [-0.3, -0.25) is 9.78 Å². The van der Waals surface area contributed by atoms with Crippen LogP contribution in [0, 0.1) is 12.8 Å². The summed E-state index contributed by atoms with van der Waals surface area (Å²) in [7, 11) is 0. The van der Waals surface area contributed by atoms with Crippen LogP contribution >= 0.6 is 15.9 Å². The maximum atomic E-state index is 12.3. The molecule has 0 aliphatic rings. The Labute approximate surface area is 126 Å². The molecule has 1 aromatic heterocycles. The normalized spacial score (nSPS) is 12.4. The third kappa shape index (κ3) is 3.35. The van der Waals surface area contributed by atoms with Gasteiger partial charge in [-0.15, -0.1) is 0 Å². The van der Waals surface area contributed by atoms with Crippen molar-refractivity contribution < 1.29 is 4.79 Å². The largest absolute Gasteiger partial charge is 0.352 e. The molecule has 1 amide bonds. The summed E-state index contributed by atoms with van der Waals surface area (Å²) in [5.74, 6) is 0.179. The Morgan fingerprint density at radius 1 is 1.45 bits per heavy atom. The van der Waals surface area contributed by atoms with Crippen LogP contribution in [0.4, 0.5) is 0 Å². The van der Waals surface area contributed by atoms with Gasteiger partial charge in [0.05, 0.1) is 11.1 Å². The smallest absolute Gasteiger partial charge is 0.252 e. The van der Waals surface area contributed by atoms with Crippen molar-refractivity contribution in [3.63, 3.8) is 0 Å². The number of nitrogens with one attached hydrogen (secondary N) is 1. The molecule has 0 aliphatic heterocycles. The molecule has 4 nitrogen and oxygen atoms in total. The Morgan fingerprint density at radius 2 is 2.20 bits per heavy atom. The predicted molar refractivity (Wildman–Crippen MR) is 84.7 cm³/mol. The zero-order valence-corrected chi connectivity index (χ0v) is 13.2. The number of rotatable bonds is 4. The molecule has 0 aliphatic carbocycles. The minimum Gasteiger partial charge on any atom is -0.352 e. The number of pyridine rings is 1. The first-order valence-corrected chi connectivity index (χ1v) is 7.35. The number of carbonyl (C=O) groups is 1. The second-order valence-corrected chi connectivity index (χ2v) is 5.94. The summed E-state index contributed by atoms with van der Waals surface area (Å²) in [5.41, 5.74) is 7.87. The van der Waals surface area contributed by atoms with Crippen molar-refractivity contribution >= 4 is 32.7 Å². The fraction of sp³-hybridized carbons (Fsp3) is 0.333. The van der Waals surface area contributed by atoms with Crippen LogP contribution in [0.25, 0.3) is 10.9 Å². The number of hydrogen-bond acceptors (Lipinski definition) is 3. The number of fused-ring (bicyclic) bond motifs is 1. The molecule has 3 N–H and O–H groups in total. The van der Waals surface area contributed by atoms with Gasteiger partial charge in [0, 0.05) is 22.1 Å². The molecule has 2 aromatic rings. The quantitative estimate of drug-likeness (QED) is 0.902. The Kier molecular flexibility index (Phi) is 4.73. The fourth-order valence-corrected chi connectivity index (χ4v) is 2.32. The minimum absolute atomic E-state index is 0.0844. The molecule has 1 heterocycles. The lowest BCUT2D eigenvalue weighted by molar-refractivity contribution is 0.0950. The number of aromatic nitrogens is 1. The molecule has 0 bridgehead atoms. The van der Waals surface area contributed by atoms with Crippen molar-refractivity contribution in [2.24, 2.45) is 11.7 Å². The van der Waals surface area contributed by atoms with E-state index in [4.69, 9.17) is 5.73 Å². The number of hydrogen-bond donors (Lipinski definition) is 2. The lowest BCUT2D eigenvalue weighted by Crippen LogP contribution is -2.31. The number of carbonyl (C=O) groups excluding carboxylic acids is 1. The number of benzene rings is 1. The standard InChI is InChI=1S/C15H18BrN3O/c1-9(7-17)8-18-15(20)13-5-10(2)19-14-4-3-11(16)6-12(13)14/h3-6,9H,7-8,17H2,1-2H3,(H,18,20). The van der Waals surface area contributed by atoms with Gasteiger partial charge in [0.15, 0.2) is 0 Å². The first-order chi connectivity index (χ1) is 9.51. The summed E-state index contributed by atoms with van der Waals surface area (Å²) in [4.78, 5) is 16.8. The SMILES string of the molecule is Cc1cc(C(=O)NCC(C)CN)c2cc(Br)ccc2n1. The molecular formula is C15H18BrN3O. The molecule has 0 saturated carbocycles. The maximum Gasteiger partial charge on any atom is 0.252 e. The van der Waals surface area contributed by atoms with Crippen LogP contribution in [0.5, 0.6) is 0 Å². The summed E-state index contributed by atoms with van der Waals surface area (Å²) in [6.45, 7) is 5.03. The van der Waals surface area contributed by atoms with E-state index in [1.54, 1.807) is 0 Å². The number of aryl methyl sites for hydroxylation is 1. The van der Waals surface area contributed by atoms with E-state index in [-0.39, 0.29) is 11.8 Å². The van der Waals surface area contributed by atoms with E-state index in [1.165, 1.54) is 0 Å². The monoisotopic (exact) mass is 335 g/mol. The first-order valence-electron chi connectivity index (χ1n) is 6.56. The van der Waals surface area contributed by atoms with Crippen molar-refractivity contribution in [1.82, 2.24) is 10.3 Å². The molecule has 1 aromatic carbocycles. The molecule has 1 unspecified atom stereocenters. The Balaban J connectivity index is 2.37. The number of amides is 1. The van der Waals surface area contributed by atoms with E-state index in [2.05, 4.69) is 26.2 Å². The van der Waals surface area contributed by atoms with Gasteiger partial charge in [0.25, 0.3) is 5.91 Å². The van der Waals surface area contributed by atoms with E-state index in [9.17, 15) is 4.79 Å². The van der Waals surface area contributed by atoms with Gasteiger partial charge in [-0.2, -0.15) is 0 Å². The average Bonchev–Trinajstić information content (AvgIpc) is 2.43. The molecule has 5 heteroatoms. The van der Waals surface area contributed by atoms with E-state index in [0.29, 0.717) is 18.7 Å². The van der Waals surface area contributed by atoms with Crippen LogP contribution < -0.4 is 11.1 Å². The van der Waals surface area contributed by atoms with Gasteiger partial charge in [-0.1, -0.05) is 22.9 Å².